The maximum atomic E-state index is 11.9. The van der Waals surface area contributed by atoms with Gasteiger partial charge in [-0.05, 0) is 12.1 Å². The Morgan fingerprint density at radius 1 is 1.20 bits per heavy atom. The third-order valence-electron chi connectivity index (χ3n) is 2.62. The van der Waals surface area contributed by atoms with Crippen molar-refractivity contribution in [2.45, 2.75) is 11.6 Å². The van der Waals surface area contributed by atoms with Gasteiger partial charge in [0.2, 0.25) is 0 Å². The molecule has 2 aromatic rings. The summed E-state index contributed by atoms with van der Waals surface area (Å²) in [6.07, 6.45) is 3.70. The molecule has 0 bridgehead atoms. The Morgan fingerprint density at radius 2 is 1.90 bits per heavy atom. The first-order valence-electron chi connectivity index (χ1n) is 5.94. The van der Waals surface area contributed by atoms with Crippen molar-refractivity contribution in [2.75, 3.05) is 6.26 Å². The molecule has 5 nitrogen and oxygen atoms in total. The molecule has 0 unspecified atom stereocenters. The van der Waals surface area contributed by atoms with Gasteiger partial charge in [0, 0.05) is 18.0 Å². The molecule has 0 saturated heterocycles. The molecule has 0 aliphatic heterocycles. The molecule has 0 atom stereocenters. The molecule has 1 aromatic carbocycles. The lowest BCUT2D eigenvalue weighted by atomic mass is 10.2. The van der Waals surface area contributed by atoms with Crippen LogP contribution in [-0.2, 0) is 16.4 Å². The van der Waals surface area contributed by atoms with E-state index in [1.165, 1.54) is 12.4 Å². The molecular formula is C14H14N2O3S. The Hall–Kier alpha value is -2.21. The fourth-order valence-electron chi connectivity index (χ4n) is 1.78. The minimum atomic E-state index is -3.46. The van der Waals surface area contributed by atoms with E-state index in [-0.39, 0.29) is 11.6 Å². The monoisotopic (exact) mass is 290 g/mol. The predicted molar refractivity (Wildman–Crippen MR) is 76.3 cm³/mol. The van der Waals surface area contributed by atoms with Gasteiger partial charge in [-0.1, -0.05) is 30.3 Å². The van der Waals surface area contributed by atoms with Gasteiger partial charge in [0.05, 0.1) is 5.56 Å². The summed E-state index contributed by atoms with van der Waals surface area (Å²) < 4.78 is 23.9. The molecule has 104 valence electrons. The average Bonchev–Trinajstić information content (AvgIpc) is 2.39. The first kappa shape index (κ1) is 14.2. The van der Waals surface area contributed by atoms with Crippen LogP contribution in [0, 0.1) is 5.21 Å². The molecule has 0 N–H and O–H groups in total. The summed E-state index contributed by atoms with van der Waals surface area (Å²) >= 11 is 0. The smallest absolute Gasteiger partial charge is 0.193 e. The highest BCUT2D eigenvalue weighted by molar-refractivity contribution is 7.90. The van der Waals surface area contributed by atoms with E-state index in [1.807, 2.05) is 30.3 Å². The lowest BCUT2D eigenvalue weighted by Crippen LogP contribution is -2.10. The number of nitrogens with zero attached hydrogens (tertiary/aromatic N) is 2. The van der Waals surface area contributed by atoms with Gasteiger partial charge in [0.15, 0.2) is 27.6 Å². The van der Waals surface area contributed by atoms with Gasteiger partial charge in [-0.3, -0.25) is 0 Å². The van der Waals surface area contributed by atoms with Gasteiger partial charge in [-0.15, -0.1) is 0 Å². The highest BCUT2D eigenvalue weighted by Crippen LogP contribution is 2.10. The van der Waals surface area contributed by atoms with Gasteiger partial charge >= 0.3 is 0 Å². The third kappa shape index (κ3) is 3.64. The van der Waals surface area contributed by atoms with Crippen molar-refractivity contribution >= 4 is 16.1 Å². The minimum absolute atomic E-state index is 0.0890. The van der Waals surface area contributed by atoms with E-state index in [2.05, 4.69) is 4.98 Å². The summed E-state index contributed by atoms with van der Waals surface area (Å²) in [4.78, 5) is 3.83. The highest BCUT2D eigenvalue weighted by atomic mass is 32.2. The van der Waals surface area contributed by atoms with Crippen molar-refractivity contribution < 1.29 is 13.2 Å². The molecule has 0 amide bonds. The summed E-state index contributed by atoms with van der Waals surface area (Å²) in [5.41, 5.74) is 1.14. The molecular weight excluding hydrogens is 276 g/mol. The molecule has 6 heteroatoms. The fraction of sp³-hybridized carbons (Fsp3) is 0.143. The van der Waals surface area contributed by atoms with Gasteiger partial charge < -0.3 is 5.21 Å². The first-order valence-corrected chi connectivity index (χ1v) is 7.83. The van der Waals surface area contributed by atoms with Crippen molar-refractivity contribution in [1.82, 2.24) is 4.98 Å². The van der Waals surface area contributed by atoms with Gasteiger partial charge in [0.1, 0.15) is 0 Å². The van der Waals surface area contributed by atoms with Gasteiger partial charge in [-0.2, -0.15) is 0 Å². The molecule has 0 aliphatic rings. The zero-order valence-electron chi connectivity index (χ0n) is 10.9. The lowest BCUT2D eigenvalue weighted by molar-refractivity contribution is -0.469. The number of hydroxylamine groups is 1. The largest absolute Gasteiger partial charge is 0.624 e. The average molecular weight is 290 g/mol. The number of rotatable bonds is 4. The summed E-state index contributed by atoms with van der Waals surface area (Å²) in [5.74, 6) is 0. The maximum Gasteiger partial charge on any atom is 0.193 e. The third-order valence-corrected chi connectivity index (χ3v) is 3.66. The summed E-state index contributed by atoms with van der Waals surface area (Å²) in [7, 11) is -3.46. The van der Waals surface area contributed by atoms with Crippen LogP contribution in [0.3, 0.4) is 0 Å². The van der Waals surface area contributed by atoms with Crippen LogP contribution >= 0.6 is 0 Å². The second-order valence-corrected chi connectivity index (χ2v) is 6.29. The molecule has 0 radical (unpaired) electrons. The molecule has 1 aromatic heterocycles. The molecule has 0 aliphatic carbocycles. The minimum Gasteiger partial charge on any atom is -0.624 e. The Bertz CT molecular complexity index is 725. The van der Waals surface area contributed by atoms with Crippen molar-refractivity contribution in [3.63, 3.8) is 0 Å². The van der Waals surface area contributed by atoms with Gasteiger partial charge in [0.25, 0.3) is 0 Å². The van der Waals surface area contributed by atoms with Crippen LogP contribution in [0.1, 0.15) is 11.1 Å². The Balaban J connectivity index is 2.32. The second kappa shape index (κ2) is 5.83. The number of benzene rings is 1. The van der Waals surface area contributed by atoms with E-state index in [0.717, 1.165) is 11.8 Å². The van der Waals surface area contributed by atoms with Crippen LogP contribution in [0.15, 0.2) is 53.7 Å². The fourth-order valence-corrected chi connectivity index (χ4v) is 2.58. The quantitative estimate of drug-likeness (QED) is 0.371. The number of sulfone groups is 1. The van der Waals surface area contributed by atoms with Crippen LogP contribution in [0.5, 0.6) is 0 Å². The molecule has 0 fully saturated rings. The first-order chi connectivity index (χ1) is 9.47. The van der Waals surface area contributed by atoms with E-state index in [1.54, 1.807) is 12.1 Å². The van der Waals surface area contributed by atoms with Crippen molar-refractivity contribution in [3.8, 4) is 0 Å². The summed E-state index contributed by atoms with van der Waals surface area (Å²) in [6.45, 7) is 0.152. The van der Waals surface area contributed by atoms with E-state index in [4.69, 9.17) is 0 Å². The van der Waals surface area contributed by atoms with Gasteiger partial charge in [-0.25, -0.2) is 18.1 Å². The van der Waals surface area contributed by atoms with Crippen molar-refractivity contribution in [1.29, 1.82) is 0 Å². The molecule has 0 spiro atoms. The SMILES string of the molecule is CS(=O)(=O)c1ncccc1C=[N+]([O-])Cc1ccccc1. The predicted octanol–water partition coefficient (Wildman–Crippen LogP) is 1.61. The van der Waals surface area contributed by atoms with Crippen LogP contribution in [0.2, 0.25) is 0 Å². The molecule has 0 saturated carbocycles. The van der Waals surface area contributed by atoms with Crippen LogP contribution in [0.25, 0.3) is 0 Å². The lowest BCUT2D eigenvalue weighted by Gasteiger charge is -2.05. The van der Waals surface area contributed by atoms with E-state index in [9.17, 15) is 13.6 Å². The topological polar surface area (TPSA) is 73.1 Å². The number of hydrogen-bond donors (Lipinski definition) is 0. The summed E-state index contributed by atoms with van der Waals surface area (Å²) in [6, 6.07) is 12.4. The van der Waals surface area contributed by atoms with Crippen LogP contribution in [-0.4, -0.2) is 30.6 Å². The van der Waals surface area contributed by atoms with Crippen molar-refractivity contribution in [2.24, 2.45) is 0 Å². The maximum absolute atomic E-state index is 11.9. The number of aromatic nitrogens is 1. The zero-order valence-corrected chi connectivity index (χ0v) is 11.7. The number of pyridine rings is 1. The van der Waals surface area contributed by atoms with Crippen LogP contribution < -0.4 is 0 Å². The zero-order chi connectivity index (χ0) is 14.6. The second-order valence-electron chi connectivity index (χ2n) is 4.36. The Morgan fingerprint density at radius 3 is 2.55 bits per heavy atom. The van der Waals surface area contributed by atoms with Crippen LogP contribution in [0.4, 0.5) is 0 Å². The Labute approximate surface area is 117 Å². The molecule has 1 heterocycles. The van der Waals surface area contributed by atoms with E-state index < -0.39 is 9.84 Å². The molecule has 2 rings (SSSR count). The van der Waals surface area contributed by atoms with E-state index >= 15 is 0 Å². The number of hydrogen-bond acceptors (Lipinski definition) is 4. The standard InChI is InChI=1S/C14H14N2O3S/c1-20(18,19)14-13(8-5-9-15-14)11-16(17)10-12-6-3-2-4-7-12/h2-9,11H,10H2,1H3. The highest BCUT2D eigenvalue weighted by Gasteiger charge is 2.15. The molecule has 20 heavy (non-hydrogen) atoms. The van der Waals surface area contributed by atoms with E-state index in [0.29, 0.717) is 10.3 Å². The normalized spacial score (nSPS) is 12.3. The Kier molecular flexibility index (Phi) is 4.14. The van der Waals surface area contributed by atoms with Crippen molar-refractivity contribution in [3.05, 3.63) is 65.0 Å². The summed E-state index contributed by atoms with van der Waals surface area (Å²) in [5, 5.41) is 11.8.